The molecule has 0 spiro atoms. The van der Waals surface area contributed by atoms with E-state index in [1.54, 1.807) is 42.3 Å². The largest absolute Gasteiger partial charge is 0.496 e. The van der Waals surface area contributed by atoms with E-state index in [-0.39, 0.29) is 11.5 Å². The van der Waals surface area contributed by atoms with Crippen LogP contribution in [0.25, 0.3) is 21.7 Å². The number of nitrogens with zero attached hydrogens (tertiary/aromatic N) is 2. The van der Waals surface area contributed by atoms with Crippen molar-refractivity contribution in [1.82, 2.24) is 9.78 Å². The molecule has 2 aromatic heterocycles. The lowest BCUT2D eigenvalue weighted by Gasteiger charge is -2.11. The molecule has 4 aromatic rings. The first kappa shape index (κ1) is 20.4. The number of nitrogens with two attached hydrogens (primary N) is 1. The molecule has 0 saturated carbocycles. The number of rotatable bonds is 6. The molecular formula is C23H20N4O3S. The molecule has 2 aromatic carbocycles. The van der Waals surface area contributed by atoms with E-state index in [1.165, 1.54) is 11.3 Å². The summed E-state index contributed by atoms with van der Waals surface area (Å²) < 4.78 is 7.15. The molecule has 8 heteroatoms. The fraction of sp³-hybridized carbons (Fsp3) is 0.0870. The van der Waals surface area contributed by atoms with E-state index in [9.17, 15) is 9.59 Å². The quantitative estimate of drug-likeness (QED) is 0.477. The number of carbonyl (C=O) groups is 2. The van der Waals surface area contributed by atoms with E-state index < -0.39 is 5.91 Å². The Hall–Kier alpha value is -3.91. The Morgan fingerprint density at radius 2 is 1.87 bits per heavy atom. The number of thiophene rings is 1. The van der Waals surface area contributed by atoms with Crippen LogP contribution >= 0.6 is 11.3 Å². The van der Waals surface area contributed by atoms with Crippen molar-refractivity contribution in [2.75, 3.05) is 12.4 Å². The number of carbonyl (C=O) groups excluding carboxylic acids is 2. The van der Waals surface area contributed by atoms with Crippen molar-refractivity contribution in [1.29, 1.82) is 0 Å². The summed E-state index contributed by atoms with van der Waals surface area (Å²) in [4.78, 5) is 25.8. The fourth-order valence-electron chi connectivity index (χ4n) is 3.27. The van der Waals surface area contributed by atoms with Crippen LogP contribution in [0.5, 0.6) is 5.75 Å². The minimum atomic E-state index is -0.598. The first-order valence-electron chi connectivity index (χ1n) is 9.44. The Bertz CT molecular complexity index is 1260. The van der Waals surface area contributed by atoms with Gasteiger partial charge in [-0.25, -0.2) is 0 Å². The fourth-order valence-corrected chi connectivity index (χ4v) is 4.34. The zero-order chi connectivity index (χ0) is 22.0. The minimum Gasteiger partial charge on any atom is -0.496 e. The van der Waals surface area contributed by atoms with Gasteiger partial charge in [0.1, 0.15) is 10.8 Å². The average Bonchev–Trinajstić information content (AvgIpc) is 3.40. The van der Waals surface area contributed by atoms with Crippen molar-refractivity contribution < 1.29 is 14.3 Å². The number of aryl methyl sites for hydroxylation is 1. The van der Waals surface area contributed by atoms with Crippen molar-refractivity contribution >= 4 is 28.2 Å². The van der Waals surface area contributed by atoms with Crippen LogP contribution in [0.15, 0.2) is 66.9 Å². The van der Waals surface area contributed by atoms with Crippen molar-refractivity contribution in [2.45, 2.75) is 0 Å². The maximum atomic E-state index is 13.0. The van der Waals surface area contributed by atoms with Gasteiger partial charge >= 0.3 is 0 Å². The monoisotopic (exact) mass is 432 g/mol. The Morgan fingerprint density at radius 3 is 2.52 bits per heavy atom. The van der Waals surface area contributed by atoms with Gasteiger partial charge in [-0.3, -0.25) is 14.3 Å². The zero-order valence-electron chi connectivity index (χ0n) is 17.0. The molecule has 0 aliphatic rings. The summed E-state index contributed by atoms with van der Waals surface area (Å²) in [6.07, 6.45) is 1.68. The average molecular weight is 433 g/mol. The molecule has 0 aliphatic carbocycles. The van der Waals surface area contributed by atoms with E-state index >= 15 is 0 Å². The van der Waals surface area contributed by atoms with Crippen LogP contribution in [0.2, 0.25) is 0 Å². The molecule has 0 aliphatic heterocycles. The van der Waals surface area contributed by atoms with Gasteiger partial charge in [-0.05, 0) is 35.9 Å². The summed E-state index contributed by atoms with van der Waals surface area (Å²) in [5.41, 5.74) is 8.74. The second-order valence-electron chi connectivity index (χ2n) is 6.79. The number of nitrogens with one attached hydrogen (secondary N) is 1. The maximum absolute atomic E-state index is 13.0. The van der Waals surface area contributed by atoms with E-state index in [1.807, 2.05) is 43.4 Å². The number of hydrogen-bond acceptors (Lipinski definition) is 5. The number of anilines is 1. The van der Waals surface area contributed by atoms with Gasteiger partial charge in [-0.2, -0.15) is 5.10 Å². The van der Waals surface area contributed by atoms with Gasteiger partial charge in [0, 0.05) is 29.2 Å². The molecule has 2 heterocycles. The molecule has 156 valence electrons. The molecule has 0 unspecified atom stereocenters. The molecule has 3 N–H and O–H groups in total. The molecule has 31 heavy (non-hydrogen) atoms. The molecule has 4 rings (SSSR count). The third-order valence-electron chi connectivity index (χ3n) is 4.84. The third-order valence-corrected chi connectivity index (χ3v) is 5.94. The van der Waals surface area contributed by atoms with Crippen molar-refractivity contribution in [3.8, 4) is 27.4 Å². The maximum Gasteiger partial charge on any atom is 0.256 e. The van der Waals surface area contributed by atoms with Crippen LogP contribution in [0.1, 0.15) is 20.7 Å². The standard InChI is InChI=1S/C23H20N4O3S/c1-27-18(10-11-25-27)16-12-15(8-9-19(16)30-2)22(29)26-23-17(21(24)28)13-20(31-23)14-6-4-3-5-7-14/h3-13H,1-2H3,(H2,24,28)(H,26,29). The number of primary amides is 1. The number of hydrogen-bond donors (Lipinski definition) is 2. The summed E-state index contributed by atoms with van der Waals surface area (Å²) in [5.74, 6) is -0.325. The lowest BCUT2D eigenvalue weighted by Crippen LogP contribution is -2.16. The number of methoxy groups -OCH3 is 1. The Labute approximate surface area is 183 Å². The molecule has 0 fully saturated rings. The molecular weight excluding hydrogens is 412 g/mol. The number of benzene rings is 2. The lowest BCUT2D eigenvalue weighted by atomic mass is 10.1. The molecule has 7 nitrogen and oxygen atoms in total. The normalized spacial score (nSPS) is 10.6. The van der Waals surface area contributed by atoms with E-state index in [0.29, 0.717) is 16.3 Å². The zero-order valence-corrected chi connectivity index (χ0v) is 17.8. The van der Waals surface area contributed by atoms with Gasteiger partial charge in [-0.1, -0.05) is 30.3 Å². The van der Waals surface area contributed by atoms with E-state index in [4.69, 9.17) is 10.5 Å². The summed E-state index contributed by atoms with van der Waals surface area (Å²) >= 11 is 1.30. The second-order valence-corrected chi connectivity index (χ2v) is 7.85. The highest BCUT2D eigenvalue weighted by atomic mass is 32.1. The summed E-state index contributed by atoms with van der Waals surface area (Å²) in [5, 5.41) is 7.43. The predicted octanol–water partition coefficient (Wildman–Crippen LogP) is 4.18. The van der Waals surface area contributed by atoms with E-state index in [2.05, 4.69) is 10.4 Å². The topological polar surface area (TPSA) is 99.2 Å². The molecule has 2 amide bonds. The Morgan fingerprint density at radius 1 is 1.10 bits per heavy atom. The highest BCUT2D eigenvalue weighted by molar-refractivity contribution is 7.20. The van der Waals surface area contributed by atoms with Gasteiger partial charge in [0.25, 0.3) is 11.8 Å². The van der Waals surface area contributed by atoms with Crippen LogP contribution in [0, 0.1) is 0 Å². The van der Waals surface area contributed by atoms with Gasteiger partial charge in [-0.15, -0.1) is 11.3 Å². The van der Waals surface area contributed by atoms with Gasteiger partial charge in [0.05, 0.1) is 18.4 Å². The summed E-state index contributed by atoms with van der Waals surface area (Å²) in [7, 11) is 3.39. The van der Waals surface area contributed by atoms with Gasteiger partial charge in [0.15, 0.2) is 0 Å². The van der Waals surface area contributed by atoms with Crippen molar-refractivity contribution in [3.05, 3.63) is 78.0 Å². The van der Waals surface area contributed by atoms with Crippen molar-refractivity contribution in [3.63, 3.8) is 0 Å². The smallest absolute Gasteiger partial charge is 0.256 e. The Balaban J connectivity index is 1.68. The van der Waals surface area contributed by atoms with Crippen LogP contribution in [0.4, 0.5) is 5.00 Å². The second kappa shape index (κ2) is 8.45. The van der Waals surface area contributed by atoms with Crippen LogP contribution in [0.3, 0.4) is 0 Å². The number of amides is 2. The highest BCUT2D eigenvalue weighted by Crippen LogP contribution is 2.36. The number of aromatic nitrogens is 2. The first-order chi connectivity index (χ1) is 15.0. The van der Waals surface area contributed by atoms with Gasteiger partial charge < -0.3 is 15.8 Å². The molecule has 0 saturated heterocycles. The molecule has 0 atom stereocenters. The van der Waals surface area contributed by atoms with Crippen molar-refractivity contribution in [2.24, 2.45) is 12.8 Å². The number of ether oxygens (including phenoxy) is 1. The van der Waals surface area contributed by atoms with Crippen LogP contribution < -0.4 is 15.8 Å². The SMILES string of the molecule is COc1ccc(C(=O)Nc2sc(-c3ccccc3)cc2C(N)=O)cc1-c1ccnn1C. The minimum absolute atomic E-state index is 0.276. The third kappa shape index (κ3) is 4.06. The predicted molar refractivity (Wildman–Crippen MR) is 121 cm³/mol. The lowest BCUT2D eigenvalue weighted by molar-refractivity contribution is 0.100. The van der Waals surface area contributed by atoms with E-state index in [0.717, 1.165) is 21.7 Å². The van der Waals surface area contributed by atoms with Crippen LogP contribution in [-0.4, -0.2) is 28.7 Å². The Kier molecular flexibility index (Phi) is 5.55. The van der Waals surface area contributed by atoms with Crippen LogP contribution in [-0.2, 0) is 7.05 Å². The highest BCUT2D eigenvalue weighted by Gasteiger charge is 2.19. The molecule has 0 bridgehead atoms. The first-order valence-corrected chi connectivity index (χ1v) is 10.3. The summed E-state index contributed by atoms with van der Waals surface area (Å²) in [6, 6.07) is 18.3. The summed E-state index contributed by atoms with van der Waals surface area (Å²) in [6.45, 7) is 0. The molecule has 0 radical (unpaired) electrons. The van der Waals surface area contributed by atoms with Gasteiger partial charge in [0.2, 0.25) is 0 Å².